The van der Waals surface area contributed by atoms with Crippen molar-refractivity contribution < 1.29 is 4.79 Å². The Labute approximate surface area is 120 Å². The second kappa shape index (κ2) is 15.2. The smallest absolute Gasteiger partial charge is 0.145 e. The first kappa shape index (κ1) is 18.1. The van der Waals surface area contributed by atoms with E-state index in [9.17, 15) is 4.79 Å². The van der Waals surface area contributed by atoms with Crippen molar-refractivity contribution in [3.8, 4) is 0 Å². The number of carbonyl (C=O) groups excluding carboxylic acids is 1. The molecular weight excluding hydrogens is 232 g/mol. The molecule has 0 aliphatic rings. The van der Waals surface area contributed by atoms with Crippen LogP contribution in [0.3, 0.4) is 0 Å². The Bertz CT molecular complexity index is 250. The fourth-order valence-electron chi connectivity index (χ4n) is 2.10. The van der Waals surface area contributed by atoms with Crippen molar-refractivity contribution in [3.05, 3.63) is 23.8 Å². The molecule has 0 radical (unpaired) electrons. The quantitative estimate of drug-likeness (QED) is 0.172. The van der Waals surface area contributed by atoms with Gasteiger partial charge in [-0.2, -0.15) is 0 Å². The van der Waals surface area contributed by atoms with Crippen molar-refractivity contribution in [1.82, 2.24) is 0 Å². The molecule has 1 nitrogen and oxygen atoms in total. The molecule has 0 amide bonds. The second-order valence-corrected chi connectivity index (χ2v) is 5.43. The molecule has 0 heterocycles. The van der Waals surface area contributed by atoms with Crippen molar-refractivity contribution in [3.63, 3.8) is 0 Å². The molecule has 110 valence electrons. The van der Waals surface area contributed by atoms with E-state index in [0.717, 1.165) is 18.3 Å². The van der Waals surface area contributed by atoms with E-state index in [-0.39, 0.29) is 0 Å². The Kier molecular flexibility index (Phi) is 14.5. The zero-order valence-electron chi connectivity index (χ0n) is 13.0. The number of allylic oxidation sites excluding steroid dienone is 4. The van der Waals surface area contributed by atoms with E-state index in [4.69, 9.17) is 0 Å². The van der Waals surface area contributed by atoms with Crippen LogP contribution in [0.4, 0.5) is 0 Å². The maximum Gasteiger partial charge on any atom is 0.145 e. The minimum Gasteiger partial charge on any atom is -0.298 e. The van der Waals surface area contributed by atoms with Crippen LogP contribution in [0.5, 0.6) is 0 Å². The summed E-state index contributed by atoms with van der Waals surface area (Å²) in [6.07, 6.45) is 21.9. The van der Waals surface area contributed by atoms with Gasteiger partial charge in [-0.1, -0.05) is 82.9 Å². The summed E-state index contributed by atoms with van der Waals surface area (Å²) in [4.78, 5) is 10.4. The number of hydrogen-bond acceptors (Lipinski definition) is 1. The highest BCUT2D eigenvalue weighted by Gasteiger charge is 1.91. The molecule has 0 atom stereocenters. The summed E-state index contributed by atoms with van der Waals surface area (Å²) < 4.78 is 0. The van der Waals surface area contributed by atoms with Crippen LogP contribution in [0, 0.1) is 0 Å². The fraction of sp³-hybridized carbons (Fsp3) is 0.722. The molecule has 0 aromatic heterocycles. The van der Waals surface area contributed by atoms with Gasteiger partial charge in [-0.3, -0.25) is 4.79 Å². The van der Waals surface area contributed by atoms with Crippen LogP contribution >= 0.6 is 0 Å². The van der Waals surface area contributed by atoms with Gasteiger partial charge in [-0.15, -0.1) is 0 Å². The van der Waals surface area contributed by atoms with Gasteiger partial charge in [0, 0.05) is 0 Å². The van der Waals surface area contributed by atoms with Crippen molar-refractivity contribution >= 4 is 6.29 Å². The highest BCUT2D eigenvalue weighted by Crippen LogP contribution is 2.11. The SMILES string of the molecule is CCCCCCCCCCCCC=CC=C(C)C=O. The summed E-state index contributed by atoms with van der Waals surface area (Å²) in [6.45, 7) is 4.10. The molecule has 0 aliphatic carbocycles. The highest BCUT2D eigenvalue weighted by atomic mass is 16.1. The molecule has 0 saturated carbocycles. The Balaban J connectivity index is 3.17. The number of rotatable bonds is 13. The average molecular weight is 264 g/mol. The molecule has 0 spiro atoms. The van der Waals surface area contributed by atoms with Crippen LogP contribution < -0.4 is 0 Å². The molecule has 0 rings (SSSR count). The van der Waals surface area contributed by atoms with Crippen LogP contribution in [-0.2, 0) is 4.79 Å². The Morgan fingerprint density at radius 1 is 0.842 bits per heavy atom. The Morgan fingerprint density at radius 2 is 1.37 bits per heavy atom. The molecular formula is C18H32O. The van der Waals surface area contributed by atoms with Crippen LogP contribution in [-0.4, -0.2) is 6.29 Å². The third kappa shape index (κ3) is 15.1. The lowest BCUT2D eigenvalue weighted by atomic mass is 10.1. The number of carbonyl (C=O) groups is 1. The standard InChI is InChI=1S/C18H32O/c1-3-4-5-6-7-8-9-10-11-12-13-14-15-16-18(2)17-19/h14-17H,3-13H2,1-2H3. The van der Waals surface area contributed by atoms with Gasteiger partial charge < -0.3 is 0 Å². The van der Waals surface area contributed by atoms with E-state index in [1.807, 2.05) is 19.1 Å². The molecule has 0 bridgehead atoms. The molecule has 0 fully saturated rings. The molecule has 0 aromatic carbocycles. The van der Waals surface area contributed by atoms with Crippen LogP contribution in [0.2, 0.25) is 0 Å². The minimum atomic E-state index is 0.791. The molecule has 0 saturated heterocycles. The van der Waals surface area contributed by atoms with E-state index in [1.54, 1.807) is 0 Å². The van der Waals surface area contributed by atoms with Crippen molar-refractivity contribution in [1.29, 1.82) is 0 Å². The van der Waals surface area contributed by atoms with Crippen molar-refractivity contribution in [2.45, 2.75) is 84.5 Å². The second-order valence-electron chi connectivity index (χ2n) is 5.43. The molecule has 0 aliphatic heterocycles. The monoisotopic (exact) mass is 264 g/mol. The van der Waals surface area contributed by atoms with Crippen molar-refractivity contribution in [2.24, 2.45) is 0 Å². The Morgan fingerprint density at radius 3 is 1.89 bits per heavy atom. The largest absolute Gasteiger partial charge is 0.298 e. The summed E-state index contributed by atoms with van der Waals surface area (Å²) >= 11 is 0. The maximum atomic E-state index is 10.4. The molecule has 1 heteroatoms. The molecule has 0 aromatic rings. The normalized spacial score (nSPS) is 12.2. The predicted octanol–water partition coefficient (Wildman–Crippen LogP) is 6.00. The zero-order chi connectivity index (χ0) is 14.2. The van der Waals surface area contributed by atoms with Gasteiger partial charge in [-0.05, 0) is 25.3 Å². The van der Waals surface area contributed by atoms with Gasteiger partial charge >= 0.3 is 0 Å². The average Bonchev–Trinajstić information content (AvgIpc) is 2.43. The summed E-state index contributed by atoms with van der Waals surface area (Å²) in [5.41, 5.74) is 0.791. The van der Waals surface area contributed by atoms with E-state index in [1.165, 1.54) is 64.2 Å². The number of aldehydes is 1. The first-order chi connectivity index (χ1) is 9.31. The van der Waals surface area contributed by atoms with E-state index < -0.39 is 0 Å². The van der Waals surface area contributed by atoms with Gasteiger partial charge in [0.25, 0.3) is 0 Å². The molecule has 19 heavy (non-hydrogen) atoms. The summed E-state index contributed by atoms with van der Waals surface area (Å²) in [5.74, 6) is 0. The predicted molar refractivity (Wildman–Crippen MR) is 85.4 cm³/mol. The number of hydrogen-bond donors (Lipinski definition) is 0. The van der Waals surface area contributed by atoms with Gasteiger partial charge in [0.2, 0.25) is 0 Å². The maximum absolute atomic E-state index is 10.4. The minimum absolute atomic E-state index is 0.791. The zero-order valence-corrected chi connectivity index (χ0v) is 13.0. The van der Waals surface area contributed by atoms with E-state index in [0.29, 0.717) is 0 Å². The summed E-state index contributed by atoms with van der Waals surface area (Å²) in [6, 6.07) is 0. The highest BCUT2D eigenvalue weighted by molar-refractivity contribution is 5.72. The lowest BCUT2D eigenvalue weighted by molar-refractivity contribution is -0.104. The lowest BCUT2D eigenvalue weighted by Crippen LogP contribution is -1.81. The van der Waals surface area contributed by atoms with Crippen LogP contribution in [0.1, 0.15) is 84.5 Å². The molecule has 0 unspecified atom stereocenters. The van der Waals surface area contributed by atoms with Gasteiger partial charge in [0.05, 0.1) is 0 Å². The number of unbranched alkanes of at least 4 members (excludes halogenated alkanes) is 10. The lowest BCUT2D eigenvalue weighted by Gasteiger charge is -2.01. The molecule has 0 N–H and O–H groups in total. The van der Waals surface area contributed by atoms with Crippen LogP contribution in [0.25, 0.3) is 0 Å². The van der Waals surface area contributed by atoms with E-state index >= 15 is 0 Å². The van der Waals surface area contributed by atoms with Gasteiger partial charge in [0.1, 0.15) is 6.29 Å². The topological polar surface area (TPSA) is 17.1 Å². The van der Waals surface area contributed by atoms with Gasteiger partial charge in [0.15, 0.2) is 0 Å². The first-order valence-electron chi connectivity index (χ1n) is 8.10. The summed E-state index contributed by atoms with van der Waals surface area (Å²) in [7, 11) is 0. The van der Waals surface area contributed by atoms with Crippen molar-refractivity contribution in [2.75, 3.05) is 0 Å². The third-order valence-corrected chi connectivity index (χ3v) is 3.41. The van der Waals surface area contributed by atoms with E-state index in [2.05, 4.69) is 13.0 Å². The Hall–Kier alpha value is -0.850. The first-order valence-corrected chi connectivity index (χ1v) is 8.10. The third-order valence-electron chi connectivity index (χ3n) is 3.41. The van der Waals surface area contributed by atoms with Gasteiger partial charge in [-0.25, -0.2) is 0 Å². The summed E-state index contributed by atoms with van der Waals surface area (Å²) in [5, 5.41) is 0. The fourth-order valence-corrected chi connectivity index (χ4v) is 2.10. The van der Waals surface area contributed by atoms with Crippen LogP contribution in [0.15, 0.2) is 23.8 Å².